The molecule has 0 spiro atoms. The summed E-state index contributed by atoms with van der Waals surface area (Å²) in [5, 5.41) is 12.0. The van der Waals surface area contributed by atoms with Crippen LogP contribution >= 0.6 is 15.9 Å². The molecule has 0 aromatic heterocycles. The van der Waals surface area contributed by atoms with Crippen LogP contribution in [-0.4, -0.2) is 36.7 Å². The smallest absolute Gasteiger partial charge is 0.407 e. The number of aliphatic hydroxyl groups excluding tert-OH is 1. The number of ether oxygens (including phenoxy) is 2. The number of aldehydes is 1. The molecular weight excluding hydrogens is 778 g/mol. The minimum Gasteiger partial charge on any atom is -0.465 e. The maximum Gasteiger partial charge on any atom is 0.407 e. The van der Waals surface area contributed by atoms with Crippen LogP contribution < -0.4 is 5.32 Å². The lowest BCUT2D eigenvalue weighted by molar-refractivity contribution is -0.141. The molecule has 57 heavy (non-hydrogen) atoms. The Hall–Kier alpha value is -5.83. The molecule has 0 radical (unpaired) electrons. The number of rotatable bonds is 8. The first-order valence-electron chi connectivity index (χ1n) is 17.7. The van der Waals surface area contributed by atoms with E-state index in [2.05, 4.69) is 69.8 Å². The molecule has 7 nitrogen and oxygen atoms in total. The largest absolute Gasteiger partial charge is 0.465 e. The summed E-state index contributed by atoms with van der Waals surface area (Å²) >= 11 is 3.24. The third-order valence-electron chi connectivity index (χ3n) is 9.36. The molecule has 0 aliphatic heterocycles. The first-order valence-corrected chi connectivity index (χ1v) is 18.5. The summed E-state index contributed by atoms with van der Waals surface area (Å²) in [6.07, 6.45) is 0.386. The number of halogens is 1. The van der Waals surface area contributed by atoms with Crippen molar-refractivity contribution in [2.24, 2.45) is 0 Å². The molecule has 0 bridgehead atoms. The van der Waals surface area contributed by atoms with Gasteiger partial charge in [0.2, 0.25) is 0 Å². The number of carbonyl (C=O) groups is 3. The van der Waals surface area contributed by atoms with Gasteiger partial charge in [-0.05, 0) is 67.8 Å². The van der Waals surface area contributed by atoms with Crippen LogP contribution in [0.15, 0.2) is 150 Å². The van der Waals surface area contributed by atoms with Gasteiger partial charge in [0.05, 0.1) is 6.61 Å². The lowest BCUT2D eigenvalue weighted by Crippen LogP contribution is -2.25. The van der Waals surface area contributed by atoms with Crippen LogP contribution in [0.5, 0.6) is 0 Å². The Morgan fingerprint density at radius 1 is 0.614 bits per heavy atom. The SMILES string of the molecule is C.C.C.CC(=O)OCC1c2ccccc2-c2ccccc21.O=C(NCc1cccc(CO)c1)OCC1c2ccccc2-c2ccccc21.O=Cc1cccc(Br)c1. The number of fused-ring (bicyclic) bond motifs is 6. The number of amides is 1. The van der Waals surface area contributed by atoms with Crippen molar-refractivity contribution in [2.75, 3.05) is 13.2 Å². The fraction of sp³-hybridized carbons (Fsp3) is 0.204. The second-order valence-corrected chi connectivity index (χ2v) is 13.8. The van der Waals surface area contributed by atoms with Crippen molar-refractivity contribution in [3.63, 3.8) is 0 Å². The lowest BCUT2D eigenvalue weighted by atomic mass is 9.98. The van der Waals surface area contributed by atoms with E-state index in [9.17, 15) is 19.5 Å². The van der Waals surface area contributed by atoms with Crippen molar-refractivity contribution < 1.29 is 29.0 Å². The average molecular weight is 831 g/mol. The molecule has 2 aliphatic carbocycles. The summed E-state index contributed by atoms with van der Waals surface area (Å²) in [5.41, 5.74) is 12.3. The highest BCUT2D eigenvalue weighted by molar-refractivity contribution is 9.10. The van der Waals surface area contributed by atoms with Crippen LogP contribution in [0.3, 0.4) is 0 Å². The topological polar surface area (TPSA) is 102 Å². The molecule has 0 fully saturated rings. The summed E-state index contributed by atoms with van der Waals surface area (Å²) in [7, 11) is 0. The molecule has 0 heterocycles. The van der Waals surface area contributed by atoms with Gasteiger partial charge in [0.15, 0.2) is 0 Å². The normalized spacial score (nSPS) is 11.4. The van der Waals surface area contributed by atoms with Crippen molar-refractivity contribution >= 4 is 34.3 Å². The van der Waals surface area contributed by atoms with Crippen LogP contribution in [0.4, 0.5) is 4.79 Å². The molecule has 2 aliphatic rings. The zero-order chi connectivity index (χ0) is 37.9. The van der Waals surface area contributed by atoms with Crippen molar-refractivity contribution in [1.82, 2.24) is 5.32 Å². The molecule has 6 aromatic carbocycles. The van der Waals surface area contributed by atoms with Gasteiger partial charge in [-0.1, -0.05) is 172 Å². The molecule has 6 aromatic rings. The van der Waals surface area contributed by atoms with Gasteiger partial charge in [-0.3, -0.25) is 9.59 Å². The minimum atomic E-state index is -0.439. The van der Waals surface area contributed by atoms with E-state index in [1.807, 2.05) is 84.9 Å². The van der Waals surface area contributed by atoms with Crippen molar-refractivity contribution in [3.05, 3.63) is 189 Å². The molecule has 8 heteroatoms. The van der Waals surface area contributed by atoms with Crippen LogP contribution in [0.25, 0.3) is 22.3 Å². The minimum absolute atomic E-state index is 0. The molecule has 296 valence electrons. The van der Waals surface area contributed by atoms with E-state index in [4.69, 9.17) is 9.47 Å². The fourth-order valence-corrected chi connectivity index (χ4v) is 7.30. The number of benzene rings is 6. The third kappa shape index (κ3) is 11.4. The number of hydrogen-bond acceptors (Lipinski definition) is 6. The maximum atomic E-state index is 12.2. The fourth-order valence-electron chi connectivity index (χ4n) is 6.88. The van der Waals surface area contributed by atoms with E-state index in [0.29, 0.717) is 25.3 Å². The molecule has 2 N–H and O–H groups in total. The van der Waals surface area contributed by atoms with Gasteiger partial charge in [0.25, 0.3) is 0 Å². The number of hydrogen-bond donors (Lipinski definition) is 2. The molecule has 8 rings (SSSR count). The summed E-state index contributed by atoms with van der Waals surface area (Å²) in [6.45, 7) is 2.52. The van der Waals surface area contributed by atoms with Crippen molar-refractivity contribution in [2.45, 2.75) is 54.2 Å². The van der Waals surface area contributed by atoms with Gasteiger partial charge >= 0.3 is 12.1 Å². The summed E-state index contributed by atoms with van der Waals surface area (Å²) in [4.78, 5) is 33.3. The standard InChI is InChI=1S/C23H21NO3.C16H14O2.C7H5BrO.3CH4/c25-14-17-7-5-6-16(12-17)13-24-23(26)27-15-22-20-10-3-1-8-18(20)19-9-2-4-11-21(19)22;1-11(17)18-10-16-14-8-4-2-6-12(14)13-7-3-5-9-15(13)16;8-7-3-1-2-6(4-7)5-9;;;/h1-12,22,25H,13-15H2,(H,24,26);2-9,16H,10H2,1H3;1-5H;3*1H4. The molecular formula is C49H52BrNO6. The number of esters is 1. The Morgan fingerprint density at radius 3 is 1.47 bits per heavy atom. The molecule has 0 saturated carbocycles. The number of nitrogens with one attached hydrogen (secondary N) is 1. The molecule has 0 saturated heterocycles. The van der Waals surface area contributed by atoms with E-state index in [1.165, 1.54) is 51.4 Å². The second kappa shape index (κ2) is 22.0. The zero-order valence-corrected chi connectivity index (χ0v) is 31.4. The van der Waals surface area contributed by atoms with Gasteiger partial charge < -0.3 is 19.9 Å². The first-order chi connectivity index (χ1) is 26.4. The maximum absolute atomic E-state index is 12.2. The predicted molar refractivity (Wildman–Crippen MR) is 234 cm³/mol. The van der Waals surface area contributed by atoms with Crippen LogP contribution in [0.2, 0.25) is 0 Å². The Balaban J connectivity index is 0.000000251. The highest BCUT2D eigenvalue weighted by Gasteiger charge is 2.30. The Bertz CT molecular complexity index is 2160. The van der Waals surface area contributed by atoms with Crippen molar-refractivity contribution in [3.8, 4) is 22.3 Å². The second-order valence-electron chi connectivity index (χ2n) is 12.9. The molecule has 0 atom stereocenters. The monoisotopic (exact) mass is 829 g/mol. The first kappa shape index (κ1) is 45.6. The van der Waals surface area contributed by atoms with Crippen LogP contribution in [-0.2, 0) is 27.4 Å². The quantitative estimate of drug-likeness (QED) is 0.117. The van der Waals surface area contributed by atoms with Crippen LogP contribution in [0.1, 0.15) is 84.8 Å². The number of aliphatic hydroxyl groups is 1. The summed E-state index contributed by atoms with van der Waals surface area (Å²) in [6, 6.07) is 47.9. The predicted octanol–water partition coefficient (Wildman–Crippen LogP) is 11.7. The number of carbonyl (C=O) groups excluding carboxylic acids is 3. The highest BCUT2D eigenvalue weighted by atomic mass is 79.9. The van der Waals surface area contributed by atoms with Gasteiger partial charge in [0.1, 0.15) is 19.5 Å². The third-order valence-corrected chi connectivity index (χ3v) is 9.85. The zero-order valence-electron chi connectivity index (χ0n) is 29.8. The van der Waals surface area contributed by atoms with Gasteiger partial charge in [-0.2, -0.15) is 0 Å². The highest BCUT2D eigenvalue weighted by Crippen LogP contribution is 2.45. The van der Waals surface area contributed by atoms with Gasteiger partial charge in [-0.25, -0.2) is 4.79 Å². The van der Waals surface area contributed by atoms with E-state index in [0.717, 1.165) is 21.9 Å². The van der Waals surface area contributed by atoms with E-state index in [1.54, 1.807) is 12.1 Å². The van der Waals surface area contributed by atoms with E-state index < -0.39 is 6.09 Å². The average Bonchev–Trinajstić information content (AvgIpc) is 3.71. The van der Waals surface area contributed by atoms with Crippen LogP contribution in [0, 0.1) is 0 Å². The van der Waals surface area contributed by atoms with Gasteiger partial charge in [0, 0.05) is 35.3 Å². The summed E-state index contributed by atoms with van der Waals surface area (Å²) < 4.78 is 11.7. The number of alkyl carbamates (subject to hydrolysis) is 1. The van der Waals surface area contributed by atoms with E-state index in [-0.39, 0.29) is 46.7 Å². The Labute approximate surface area is 345 Å². The van der Waals surface area contributed by atoms with Crippen molar-refractivity contribution in [1.29, 1.82) is 0 Å². The Morgan fingerprint density at radius 2 is 1.05 bits per heavy atom. The lowest BCUT2D eigenvalue weighted by Gasteiger charge is -2.14. The molecule has 1 amide bonds. The van der Waals surface area contributed by atoms with Gasteiger partial charge in [-0.15, -0.1) is 0 Å². The molecule has 0 unspecified atom stereocenters. The summed E-state index contributed by atoms with van der Waals surface area (Å²) in [5.74, 6) is -0.000899. The Kier molecular flexibility index (Phi) is 17.6. The van der Waals surface area contributed by atoms with E-state index >= 15 is 0 Å².